The molecule has 0 amide bonds. The van der Waals surface area contributed by atoms with Gasteiger partial charge in [0, 0.05) is 11.0 Å². The van der Waals surface area contributed by atoms with Crippen molar-refractivity contribution in [3.05, 3.63) is 34.4 Å². The lowest BCUT2D eigenvalue weighted by atomic mass is 9.65. The van der Waals surface area contributed by atoms with Crippen molar-refractivity contribution in [2.24, 2.45) is 5.41 Å². The van der Waals surface area contributed by atoms with Crippen LogP contribution in [-0.2, 0) is 4.57 Å². The first-order valence-electron chi connectivity index (χ1n) is 12.9. The quantitative estimate of drug-likeness (QED) is 0.163. The van der Waals surface area contributed by atoms with Gasteiger partial charge in [0.25, 0.3) is 0 Å². The first kappa shape index (κ1) is 26.2. The lowest BCUT2D eigenvalue weighted by molar-refractivity contribution is 0.0693. The Hall–Kier alpha value is -1.01. The second-order valence-electron chi connectivity index (χ2n) is 9.96. The van der Waals surface area contributed by atoms with Crippen molar-refractivity contribution in [3.63, 3.8) is 0 Å². The number of unbranched alkanes of at least 4 members (excludes halogenated alkanes) is 8. The van der Waals surface area contributed by atoms with E-state index in [0.717, 1.165) is 49.7 Å². The Morgan fingerprint density at radius 1 is 0.871 bits per heavy atom. The number of rotatable bonds is 14. The van der Waals surface area contributed by atoms with Crippen molar-refractivity contribution in [1.82, 2.24) is 0 Å². The molecule has 0 N–H and O–H groups in total. The fourth-order valence-electron chi connectivity index (χ4n) is 5.44. The van der Waals surface area contributed by atoms with E-state index in [1.807, 2.05) is 6.07 Å². The smallest absolute Gasteiger partial charge is 0.170 e. The van der Waals surface area contributed by atoms with E-state index in [0.29, 0.717) is 0 Å². The summed E-state index contributed by atoms with van der Waals surface area (Å²) in [5, 5.41) is 0. The van der Waals surface area contributed by atoms with Gasteiger partial charge in [-0.2, -0.15) is 0 Å². The molecule has 0 saturated heterocycles. The Bertz CT molecular complexity index is 703. The number of carbonyl (C=O) groups is 1. The predicted molar refractivity (Wildman–Crippen MR) is 134 cm³/mol. The van der Waals surface area contributed by atoms with Gasteiger partial charge in [-0.05, 0) is 56.7 Å². The third-order valence-corrected chi connectivity index (χ3v) is 8.85. The molecule has 1 atom stereocenters. The van der Waals surface area contributed by atoms with Crippen LogP contribution in [0.2, 0.25) is 0 Å². The molecule has 1 aliphatic carbocycles. The molecule has 1 fully saturated rings. The maximum atomic E-state index is 13.9. The minimum absolute atomic E-state index is 0.0362. The van der Waals surface area contributed by atoms with Crippen molar-refractivity contribution < 1.29 is 9.36 Å². The molecule has 1 aromatic carbocycles. The van der Waals surface area contributed by atoms with Gasteiger partial charge in [0.05, 0.1) is 5.66 Å². The third-order valence-electron chi connectivity index (χ3n) is 7.85. The van der Waals surface area contributed by atoms with E-state index < -0.39 is 5.41 Å². The summed E-state index contributed by atoms with van der Waals surface area (Å²) in [5.74, 6) is 0.261. The van der Waals surface area contributed by atoms with Gasteiger partial charge in [-0.15, -0.1) is 0 Å². The molecule has 0 spiro atoms. The van der Waals surface area contributed by atoms with Crippen LogP contribution in [0.5, 0.6) is 0 Å². The molecule has 1 unspecified atom stereocenters. The Morgan fingerprint density at radius 3 is 2.03 bits per heavy atom. The number of Topliss-reactive ketones (excluding diaryl/α,β-unsaturated/α-hetero) is 1. The molecule has 2 rings (SSSR count). The predicted octanol–water partition coefficient (Wildman–Crippen LogP) is 9.33. The maximum absolute atomic E-state index is 13.9. The summed E-state index contributed by atoms with van der Waals surface area (Å²) in [6, 6.07) is 4.10. The van der Waals surface area contributed by atoms with Crippen LogP contribution < -0.4 is 0 Å². The van der Waals surface area contributed by atoms with Gasteiger partial charge in [0.2, 0.25) is 0 Å². The van der Waals surface area contributed by atoms with Crippen molar-refractivity contribution in [1.29, 1.82) is 0 Å². The van der Waals surface area contributed by atoms with Crippen LogP contribution in [0.15, 0.2) is 12.1 Å². The largest absolute Gasteiger partial charge is 0.294 e. The van der Waals surface area contributed by atoms with E-state index in [9.17, 15) is 9.36 Å². The topological polar surface area (TPSA) is 34.1 Å². The van der Waals surface area contributed by atoms with Crippen LogP contribution in [0.4, 0.5) is 0 Å². The molecule has 1 saturated carbocycles. The third kappa shape index (κ3) is 6.98. The molecule has 1 aromatic rings. The van der Waals surface area contributed by atoms with Crippen molar-refractivity contribution in [2.45, 2.75) is 130 Å². The monoisotopic (exact) mass is 444 g/mol. The molecule has 174 valence electrons. The van der Waals surface area contributed by atoms with Crippen LogP contribution in [0.25, 0.3) is 0 Å². The Kier molecular flexibility index (Phi) is 11.4. The zero-order valence-electron chi connectivity index (χ0n) is 20.6. The van der Waals surface area contributed by atoms with Crippen molar-refractivity contribution in [2.75, 3.05) is 0 Å². The number of hydrogen-bond acceptors (Lipinski definition) is 2. The summed E-state index contributed by atoms with van der Waals surface area (Å²) in [6.45, 7) is 8.56. The van der Waals surface area contributed by atoms with Gasteiger partial charge in [0.1, 0.15) is 0 Å². The van der Waals surface area contributed by atoms with E-state index in [2.05, 4.69) is 33.8 Å². The SMILES string of the molecule is CCCCCCCCCCCC(P=O)C1(C(=O)c2ccc(C)c(C)c2C)CCCCC1. The van der Waals surface area contributed by atoms with E-state index >= 15 is 0 Å². The number of benzene rings is 1. The standard InChI is InChI=1S/C28H45O2P/c1-5-6-7-8-9-10-11-12-14-17-26(31-30)28(20-15-13-16-21-28)27(29)25-19-18-22(2)23(3)24(25)4/h18-19,26H,5-17,20-21H2,1-4H3. The molecule has 0 aromatic heterocycles. The highest BCUT2D eigenvalue weighted by atomic mass is 31.1. The Labute approximate surface area is 193 Å². The van der Waals surface area contributed by atoms with E-state index in [1.165, 1.54) is 68.9 Å². The minimum Gasteiger partial charge on any atom is -0.294 e. The van der Waals surface area contributed by atoms with Gasteiger partial charge < -0.3 is 0 Å². The van der Waals surface area contributed by atoms with E-state index in [1.54, 1.807) is 0 Å². The first-order valence-corrected chi connectivity index (χ1v) is 13.8. The Balaban J connectivity index is 2.01. The molecular formula is C28H45O2P. The van der Waals surface area contributed by atoms with E-state index in [4.69, 9.17) is 0 Å². The van der Waals surface area contributed by atoms with Crippen LogP contribution in [0, 0.1) is 26.2 Å². The number of aryl methyl sites for hydroxylation is 1. The number of hydrogen-bond donors (Lipinski definition) is 0. The van der Waals surface area contributed by atoms with Crippen LogP contribution in [0.1, 0.15) is 130 Å². The molecule has 0 bridgehead atoms. The fourth-order valence-corrected chi connectivity index (χ4v) is 6.31. The molecule has 3 heteroatoms. The van der Waals surface area contributed by atoms with Gasteiger partial charge >= 0.3 is 0 Å². The van der Waals surface area contributed by atoms with Gasteiger partial charge in [-0.25, -0.2) is 0 Å². The first-order chi connectivity index (χ1) is 15.0. The molecule has 0 aliphatic heterocycles. The van der Waals surface area contributed by atoms with Gasteiger partial charge in [-0.3, -0.25) is 9.36 Å². The fraction of sp³-hybridized carbons (Fsp3) is 0.750. The van der Waals surface area contributed by atoms with Gasteiger partial charge in [0.15, 0.2) is 14.2 Å². The average Bonchev–Trinajstić information content (AvgIpc) is 2.79. The zero-order chi connectivity index (χ0) is 22.7. The number of carbonyl (C=O) groups excluding carboxylic acids is 1. The van der Waals surface area contributed by atoms with Crippen molar-refractivity contribution >= 4 is 14.2 Å². The summed E-state index contributed by atoms with van der Waals surface area (Å²) >= 11 is 0. The molecule has 0 radical (unpaired) electrons. The molecule has 1 aliphatic rings. The van der Waals surface area contributed by atoms with E-state index in [-0.39, 0.29) is 19.9 Å². The summed E-state index contributed by atoms with van der Waals surface area (Å²) < 4.78 is 12.4. The summed E-state index contributed by atoms with van der Waals surface area (Å²) in [6.07, 6.45) is 17.7. The molecule has 0 heterocycles. The summed E-state index contributed by atoms with van der Waals surface area (Å²) in [4.78, 5) is 13.9. The molecule has 2 nitrogen and oxygen atoms in total. The maximum Gasteiger partial charge on any atom is 0.170 e. The summed E-state index contributed by atoms with van der Waals surface area (Å²) in [7, 11) is 0.170. The minimum atomic E-state index is -0.436. The second kappa shape index (κ2) is 13.5. The second-order valence-corrected chi connectivity index (χ2v) is 10.8. The lowest BCUT2D eigenvalue weighted by Crippen LogP contribution is -2.42. The molecular weight excluding hydrogens is 399 g/mol. The average molecular weight is 445 g/mol. The van der Waals surface area contributed by atoms with Crippen molar-refractivity contribution in [3.8, 4) is 0 Å². The van der Waals surface area contributed by atoms with Gasteiger partial charge in [-0.1, -0.05) is 96.1 Å². The van der Waals surface area contributed by atoms with Crippen LogP contribution in [0.3, 0.4) is 0 Å². The van der Waals surface area contributed by atoms with Crippen LogP contribution in [-0.4, -0.2) is 11.4 Å². The van der Waals surface area contributed by atoms with Crippen LogP contribution >= 0.6 is 8.46 Å². The number of ketones is 1. The summed E-state index contributed by atoms with van der Waals surface area (Å²) in [5.41, 5.74) is 3.96. The highest BCUT2D eigenvalue weighted by Crippen LogP contribution is 2.48. The Morgan fingerprint density at radius 2 is 1.45 bits per heavy atom. The molecule has 31 heavy (non-hydrogen) atoms. The zero-order valence-corrected chi connectivity index (χ0v) is 21.5. The lowest BCUT2D eigenvalue weighted by Gasteiger charge is -2.40. The normalized spacial score (nSPS) is 17.0. The highest BCUT2D eigenvalue weighted by Gasteiger charge is 2.46. The highest BCUT2D eigenvalue weighted by molar-refractivity contribution is 7.24.